The van der Waals surface area contributed by atoms with Gasteiger partial charge in [-0.1, -0.05) is 41.6 Å². The standard InChI is InChI=1S/C24H23N5O3S/c1-16-4-7-18(8-5-16)23-27-28-24(29(23)19-9-12-20(31-3)13-10-19)33-15-22(30)26-25-14-21-11-6-17(2)32-21/h4-14H,15H2,1-3H3,(H,26,30)/b25-14+. The maximum absolute atomic E-state index is 12.3. The summed E-state index contributed by atoms with van der Waals surface area (Å²) in [6, 6.07) is 19.3. The largest absolute Gasteiger partial charge is 0.497 e. The molecule has 4 aromatic rings. The molecule has 0 bridgehead atoms. The fourth-order valence-corrected chi connectivity index (χ4v) is 3.81. The van der Waals surface area contributed by atoms with Crippen molar-refractivity contribution in [3.05, 3.63) is 77.7 Å². The highest BCUT2D eigenvalue weighted by Gasteiger charge is 2.17. The van der Waals surface area contributed by atoms with E-state index in [1.54, 1.807) is 13.2 Å². The topological polar surface area (TPSA) is 94.5 Å². The van der Waals surface area contributed by atoms with Gasteiger partial charge in [-0.15, -0.1) is 10.2 Å². The maximum Gasteiger partial charge on any atom is 0.250 e. The Labute approximate surface area is 195 Å². The summed E-state index contributed by atoms with van der Waals surface area (Å²) in [4.78, 5) is 12.3. The van der Waals surface area contributed by atoms with E-state index in [1.807, 2.05) is 73.0 Å². The van der Waals surface area contributed by atoms with E-state index in [4.69, 9.17) is 9.15 Å². The van der Waals surface area contributed by atoms with Gasteiger partial charge in [0.25, 0.3) is 5.91 Å². The first-order chi connectivity index (χ1) is 16.0. The second-order valence-corrected chi connectivity index (χ2v) is 8.18. The average molecular weight is 462 g/mol. The molecule has 0 saturated heterocycles. The summed E-state index contributed by atoms with van der Waals surface area (Å²) in [5, 5.41) is 13.3. The van der Waals surface area contributed by atoms with Crippen molar-refractivity contribution in [2.45, 2.75) is 19.0 Å². The van der Waals surface area contributed by atoms with Gasteiger partial charge in [-0.25, -0.2) is 5.43 Å². The van der Waals surface area contributed by atoms with Crippen LogP contribution in [0.5, 0.6) is 5.75 Å². The van der Waals surface area contributed by atoms with E-state index in [9.17, 15) is 4.79 Å². The molecule has 2 aromatic heterocycles. The first-order valence-corrected chi connectivity index (χ1v) is 11.2. The molecule has 0 radical (unpaired) electrons. The number of hydrazone groups is 1. The first kappa shape index (κ1) is 22.3. The van der Waals surface area contributed by atoms with Gasteiger partial charge >= 0.3 is 0 Å². The van der Waals surface area contributed by atoms with Crippen LogP contribution in [-0.2, 0) is 4.79 Å². The number of aromatic nitrogens is 3. The molecule has 4 rings (SSSR count). The van der Waals surface area contributed by atoms with Crippen LogP contribution in [0.4, 0.5) is 0 Å². The van der Waals surface area contributed by atoms with Gasteiger partial charge in [-0.2, -0.15) is 5.10 Å². The number of carbonyl (C=O) groups is 1. The molecular weight excluding hydrogens is 438 g/mol. The normalized spacial score (nSPS) is 11.1. The quantitative estimate of drug-likeness (QED) is 0.238. The third-order valence-corrected chi connectivity index (χ3v) is 5.68. The molecule has 0 fully saturated rings. The number of benzene rings is 2. The zero-order chi connectivity index (χ0) is 23.2. The number of ether oxygens (including phenoxy) is 1. The van der Waals surface area contributed by atoms with E-state index in [1.165, 1.54) is 18.0 Å². The van der Waals surface area contributed by atoms with E-state index in [2.05, 4.69) is 20.7 Å². The van der Waals surface area contributed by atoms with Gasteiger partial charge < -0.3 is 9.15 Å². The van der Waals surface area contributed by atoms with Gasteiger partial charge in [0, 0.05) is 11.3 Å². The molecule has 1 amide bonds. The molecule has 168 valence electrons. The van der Waals surface area contributed by atoms with Crippen LogP contribution in [0.3, 0.4) is 0 Å². The number of furan rings is 1. The highest BCUT2D eigenvalue weighted by Crippen LogP contribution is 2.29. The monoisotopic (exact) mass is 461 g/mol. The predicted octanol–water partition coefficient (Wildman–Crippen LogP) is 4.40. The third kappa shape index (κ3) is 5.50. The Morgan fingerprint density at radius 3 is 2.52 bits per heavy atom. The third-order valence-electron chi connectivity index (χ3n) is 4.75. The van der Waals surface area contributed by atoms with Crippen molar-refractivity contribution in [2.24, 2.45) is 5.10 Å². The van der Waals surface area contributed by atoms with Gasteiger partial charge in [-0.3, -0.25) is 9.36 Å². The highest BCUT2D eigenvalue weighted by molar-refractivity contribution is 7.99. The van der Waals surface area contributed by atoms with E-state index in [0.717, 1.165) is 28.3 Å². The van der Waals surface area contributed by atoms with Gasteiger partial charge in [0.05, 0.1) is 19.1 Å². The van der Waals surface area contributed by atoms with Crippen LogP contribution in [-0.4, -0.2) is 39.7 Å². The number of hydrogen-bond acceptors (Lipinski definition) is 7. The Hall–Kier alpha value is -3.85. The summed E-state index contributed by atoms with van der Waals surface area (Å²) in [6.45, 7) is 3.88. The fraction of sp³-hybridized carbons (Fsp3) is 0.167. The van der Waals surface area contributed by atoms with Crippen LogP contribution in [0.1, 0.15) is 17.1 Å². The van der Waals surface area contributed by atoms with Crippen molar-refractivity contribution in [1.29, 1.82) is 0 Å². The predicted molar refractivity (Wildman–Crippen MR) is 128 cm³/mol. The second-order valence-electron chi connectivity index (χ2n) is 7.24. The molecule has 0 unspecified atom stereocenters. The molecular formula is C24H23N5O3S. The lowest BCUT2D eigenvalue weighted by Crippen LogP contribution is -2.19. The summed E-state index contributed by atoms with van der Waals surface area (Å²) in [6.07, 6.45) is 1.46. The van der Waals surface area contributed by atoms with Crippen LogP contribution in [0.15, 0.2) is 75.3 Å². The van der Waals surface area contributed by atoms with Crippen LogP contribution >= 0.6 is 11.8 Å². The number of methoxy groups -OCH3 is 1. The molecule has 9 heteroatoms. The molecule has 0 aliphatic heterocycles. The zero-order valence-electron chi connectivity index (χ0n) is 18.5. The Morgan fingerprint density at radius 2 is 1.85 bits per heavy atom. The van der Waals surface area contributed by atoms with Gasteiger partial charge in [0.1, 0.15) is 17.3 Å². The summed E-state index contributed by atoms with van der Waals surface area (Å²) in [5.74, 6) is 2.65. The van der Waals surface area contributed by atoms with E-state index >= 15 is 0 Å². The van der Waals surface area contributed by atoms with Crippen molar-refractivity contribution in [3.63, 3.8) is 0 Å². The Kier molecular flexibility index (Phi) is 6.89. The molecule has 2 aromatic carbocycles. The maximum atomic E-state index is 12.3. The summed E-state index contributed by atoms with van der Waals surface area (Å²) < 4.78 is 12.6. The number of carbonyl (C=O) groups excluding carboxylic acids is 1. The first-order valence-electron chi connectivity index (χ1n) is 10.2. The molecule has 1 N–H and O–H groups in total. The lowest BCUT2D eigenvalue weighted by atomic mass is 10.1. The van der Waals surface area contributed by atoms with Crippen molar-refractivity contribution < 1.29 is 13.9 Å². The van der Waals surface area contributed by atoms with Crippen LogP contribution in [0, 0.1) is 13.8 Å². The Balaban J connectivity index is 1.53. The lowest BCUT2D eigenvalue weighted by Gasteiger charge is -2.11. The van der Waals surface area contributed by atoms with Crippen LogP contribution in [0.25, 0.3) is 17.1 Å². The van der Waals surface area contributed by atoms with Crippen LogP contribution < -0.4 is 10.2 Å². The fourth-order valence-electron chi connectivity index (χ4n) is 3.07. The van der Waals surface area contributed by atoms with E-state index in [-0.39, 0.29) is 11.7 Å². The molecule has 33 heavy (non-hydrogen) atoms. The second kappa shape index (κ2) is 10.2. The minimum atomic E-state index is -0.263. The number of nitrogens with zero attached hydrogens (tertiary/aromatic N) is 4. The zero-order valence-corrected chi connectivity index (χ0v) is 19.3. The van der Waals surface area contributed by atoms with Crippen molar-refractivity contribution in [2.75, 3.05) is 12.9 Å². The van der Waals surface area contributed by atoms with Gasteiger partial charge in [0.2, 0.25) is 0 Å². The molecule has 0 saturated carbocycles. The smallest absolute Gasteiger partial charge is 0.250 e. The minimum Gasteiger partial charge on any atom is -0.497 e. The minimum absolute atomic E-state index is 0.122. The van der Waals surface area contributed by atoms with Crippen molar-refractivity contribution >= 4 is 23.9 Å². The number of rotatable bonds is 8. The number of hydrogen-bond donors (Lipinski definition) is 1. The van der Waals surface area contributed by atoms with E-state index in [0.29, 0.717) is 16.7 Å². The Bertz CT molecular complexity index is 1260. The SMILES string of the molecule is COc1ccc(-n2c(SCC(=O)N/N=C/c3ccc(C)o3)nnc2-c2ccc(C)cc2)cc1. The molecule has 0 aliphatic carbocycles. The Morgan fingerprint density at radius 1 is 1.09 bits per heavy atom. The summed E-state index contributed by atoms with van der Waals surface area (Å²) in [5.41, 5.74) is 5.46. The average Bonchev–Trinajstić information content (AvgIpc) is 3.44. The van der Waals surface area contributed by atoms with Crippen LogP contribution in [0.2, 0.25) is 0 Å². The summed E-state index contributed by atoms with van der Waals surface area (Å²) >= 11 is 1.28. The van der Waals surface area contributed by atoms with Crippen molar-refractivity contribution in [3.8, 4) is 22.8 Å². The van der Waals surface area contributed by atoms with Gasteiger partial charge in [0.15, 0.2) is 11.0 Å². The summed E-state index contributed by atoms with van der Waals surface area (Å²) in [7, 11) is 1.63. The van der Waals surface area contributed by atoms with Gasteiger partial charge in [-0.05, 0) is 50.2 Å². The number of thioether (sulfide) groups is 1. The lowest BCUT2D eigenvalue weighted by molar-refractivity contribution is -0.118. The molecule has 2 heterocycles. The molecule has 0 atom stereocenters. The highest BCUT2D eigenvalue weighted by atomic mass is 32.2. The number of aryl methyl sites for hydroxylation is 2. The molecule has 0 aliphatic rings. The molecule has 8 nitrogen and oxygen atoms in total. The number of nitrogens with one attached hydrogen (secondary N) is 1. The van der Waals surface area contributed by atoms with Crippen molar-refractivity contribution in [1.82, 2.24) is 20.2 Å². The van der Waals surface area contributed by atoms with E-state index < -0.39 is 0 Å². The number of amides is 1. The molecule has 0 spiro atoms.